The molecule has 4 N–H and O–H groups in total. The number of benzene rings is 2. The molecular weight excluding hydrogens is 389 g/mol. The Balaban J connectivity index is -0.000000117. The molecule has 8 heteroatoms. The SMILES string of the molecule is CC(C)(C)N(N)C(=O)c1ccccc1F.Cc1ccccc1.Cl.Cl.O.[H-].[Na+]. The summed E-state index contributed by atoms with van der Waals surface area (Å²) in [6.45, 7) is 7.43. The number of nitrogens with zero attached hydrogens (tertiary/aromatic N) is 1. The number of hydrogen-bond acceptors (Lipinski definition) is 2. The minimum Gasteiger partial charge on any atom is -1.00 e. The Morgan fingerprint density at radius 1 is 1.00 bits per heavy atom. The number of carbonyl (C=O) groups is 1. The van der Waals surface area contributed by atoms with Gasteiger partial charge in [0, 0.05) is 0 Å². The summed E-state index contributed by atoms with van der Waals surface area (Å²) in [7, 11) is 0. The number of hydrazine groups is 1. The standard InChI is InChI=1S/C11H15FN2O.C7H8.2ClH.Na.H2O.H/c1-11(2,3)14(13)10(15)8-6-4-5-7-9(8)12;1-7-5-3-2-4-6-7;;;;;/h4-7H,13H2,1-3H3;2-6H,1H3;2*1H;;1H2;/q;;;;+1;;-1. The van der Waals surface area contributed by atoms with Crippen LogP contribution in [0.2, 0.25) is 0 Å². The van der Waals surface area contributed by atoms with E-state index in [-0.39, 0.29) is 66.8 Å². The number of carbonyl (C=O) groups excluding carboxylic acids is 1. The van der Waals surface area contributed by atoms with E-state index in [4.69, 9.17) is 5.84 Å². The zero-order valence-electron chi connectivity index (χ0n) is 16.8. The number of halogens is 3. The quantitative estimate of drug-likeness (QED) is 0.326. The molecule has 26 heavy (non-hydrogen) atoms. The average molecular weight is 417 g/mol. The van der Waals surface area contributed by atoms with Crippen LogP contribution in [0, 0.1) is 12.7 Å². The molecule has 0 saturated carbocycles. The molecule has 0 spiro atoms. The van der Waals surface area contributed by atoms with Crippen molar-refractivity contribution in [3.8, 4) is 0 Å². The van der Waals surface area contributed by atoms with Crippen LogP contribution in [0.5, 0.6) is 0 Å². The first-order valence-electron chi connectivity index (χ1n) is 7.09. The molecule has 2 rings (SSSR count). The second-order valence-corrected chi connectivity index (χ2v) is 5.98. The van der Waals surface area contributed by atoms with Gasteiger partial charge in [0.1, 0.15) is 5.82 Å². The van der Waals surface area contributed by atoms with Crippen molar-refractivity contribution < 1.29 is 45.6 Å². The number of hydrogen-bond donors (Lipinski definition) is 1. The zero-order chi connectivity index (χ0) is 16.8. The van der Waals surface area contributed by atoms with Gasteiger partial charge in [0.05, 0.1) is 11.1 Å². The fourth-order valence-electron chi connectivity index (χ4n) is 1.60. The van der Waals surface area contributed by atoms with Gasteiger partial charge in [-0.15, -0.1) is 24.8 Å². The molecule has 0 atom stereocenters. The van der Waals surface area contributed by atoms with Crippen molar-refractivity contribution >= 4 is 30.7 Å². The van der Waals surface area contributed by atoms with E-state index in [2.05, 4.69) is 19.1 Å². The van der Waals surface area contributed by atoms with E-state index in [1.807, 2.05) is 18.2 Å². The first kappa shape index (κ1) is 33.0. The Kier molecular flexibility index (Phi) is 19.5. The summed E-state index contributed by atoms with van der Waals surface area (Å²) in [5.74, 6) is 4.55. The van der Waals surface area contributed by atoms with Crippen molar-refractivity contribution in [3.63, 3.8) is 0 Å². The van der Waals surface area contributed by atoms with Gasteiger partial charge in [0.25, 0.3) is 5.91 Å². The normalized spacial score (nSPS) is 8.85. The molecule has 0 aliphatic rings. The summed E-state index contributed by atoms with van der Waals surface area (Å²) in [4.78, 5) is 11.8. The molecule has 0 aliphatic heterocycles. The van der Waals surface area contributed by atoms with Crippen molar-refractivity contribution in [2.24, 2.45) is 5.84 Å². The van der Waals surface area contributed by atoms with Crippen LogP contribution in [0.4, 0.5) is 4.39 Å². The van der Waals surface area contributed by atoms with Gasteiger partial charge in [-0.3, -0.25) is 9.80 Å². The van der Waals surface area contributed by atoms with Gasteiger partial charge in [-0.25, -0.2) is 10.2 Å². The van der Waals surface area contributed by atoms with Crippen LogP contribution in [0.3, 0.4) is 0 Å². The largest absolute Gasteiger partial charge is 1.00 e. The van der Waals surface area contributed by atoms with Crippen molar-refractivity contribution in [2.45, 2.75) is 33.2 Å². The van der Waals surface area contributed by atoms with Crippen LogP contribution in [-0.2, 0) is 0 Å². The number of amides is 1. The van der Waals surface area contributed by atoms with Crippen LogP contribution in [-0.4, -0.2) is 21.9 Å². The van der Waals surface area contributed by atoms with Gasteiger partial charge in [-0.05, 0) is 39.8 Å². The summed E-state index contributed by atoms with van der Waals surface area (Å²) in [6.07, 6.45) is 0. The van der Waals surface area contributed by atoms with Gasteiger partial charge >= 0.3 is 29.6 Å². The van der Waals surface area contributed by atoms with E-state index in [1.54, 1.807) is 26.8 Å². The average Bonchev–Trinajstić information content (AvgIpc) is 2.47. The van der Waals surface area contributed by atoms with E-state index in [1.165, 1.54) is 23.8 Å². The number of aryl methyl sites for hydroxylation is 1. The van der Waals surface area contributed by atoms with Crippen molar-refractivity contribution in [3.05, 3.63) is 71.5 Å². The first-order valence-corrected chi connectivity index (χ1v) is 7.09. The third-order valence-corrected chi connectivity index (χ3v) is 2.99. The minimum atomic E-state index is -0.554. The zero-order valence-corrected chi connectivity index (χ0v) is 19.5. The predicted octanol–water partition coefficient (Wildman–Crippen LogP) is 1.07. The molecule has 1 amide bonds. The minimum absolute atomic E-state index is 0. The Morgan fingerprint density at radius 3 is 1.77 bits per heavy atom. The van der Waals surface area contributed by atoms with Crippen molar-refractivity contribution in [2.75, 3.05) is 0 Å². The molecule has 144 valence electrons. The molecule has 0 aromatic heterocycles. The number of rotatable bonds is 1. The molecule has 0 aliphatic carbocycles. The third kappa shape index (κ3) is 11.1. The van der Waals surface area contributed by atoms with Gasteiger partial charge < -0.3 is 6.90 Å². The molecular formula is C18H28Cl2FN2NaO2. The molecule has 0 radical (unpaired) electrons. The molecule has 4 nitrogen and oxygen atoms in total. The van der Waals surface area contributed by atoms with Crippen LogP contribution in [0.15, 0.2) is 54.6 Å². The molecule has 0 saturated heterocycles. The predicted molar refractivity (Wildman–Crippen MR) is 107 cm³/mol. The van der Waals surface area contributed by atoms with Gasteiger partial charge in [-0.1, -0.05) is 48.0 Å². The second-order valence-electron chi connectivity index (χ2n) is 5.98. The Bertz CT molecular complexity index is 632. The fraction of sp³-hybridized carbons (Fsp3) is 0.278. The third-order valence-electron chi connectivity index (χ3n) is 2.99. The van der Waals surface area contributed by atoms with Gasteiger partial charge in [-0.2, -0.15) is 0 Å². The van der Waals surface area contributed by atoms with Crippen LogP contribution >= 0.6 is 24.8 Å². The molecule has 0 bridgehead atoms. The van der Waals surface area contributed by atoms with E-state index < -0.39 is 17.3 Å². The summed E-state index contributed by atoms with van der Waals surface area (Å²) in [5.41, 5.74) is 0.789. The maximum atomic E-state index is 13.3. The first-order chi connectivity index (χ1) is 10.2. The summed E-state index contributed by atoms with van der Waals surface area (Å²) >= 11 is 0. The van der Waals surface area contributed by atoms with E-state index in [0.717, 1.165) is 5.01 Å². The molecule has 0 fully saturated rings. The summed E-state index contributed by atoms with van der Waals surface area (Å²) < 4.78 is 13.3. The topological polar surface area (TPSA) is 77.8 Å². The summed E-state index contributed by atoms with van der Waals surface area (Å²) in [5, 5.41) is 1.03. The van der Waals surface area contributed by atoms with Crippen LogP contribution in [0.25, 0.3) is 0 Å². The fourth-order valence-corrected chi connectivity index (χ4v) is 1.60. The molecule has 0 heterocycles. The van der Waals surface area contributed by atoms with Crippen LogP contribution in [0.1, 0.15) is 38.1 Å². The maximum absolute atomic E-state index is 13.3. The molecule has 2 aromatic rings. The van der Waals surface area contributed by atoms with E-state index >= 15 is 0 Å². The smallest absolute Gasteiger partial charge is 1.00 e. The van der Waals surface area contributed by atoms with Gasteiger partial charge in [0.15, 0.2) is 0 Å². The monoisotopic (exact) mass is 416 g/mol. The van der Waals surface area contributed by atoms with E-state index in [9.17, 15) is 9.18 Å². The molecule has 0 unspecified atom stereocenters. The summed E-state index contributed by atoms with van der Waals surface area (Å²) in [6, 6.07) is 16.1. The Morgan fingerprint density at radius 2 is 1.42 bits per heavy atom. The Labute approximate surface area is 191 Å². The van der Waals surface area contributed by atoms with Crippen molar-refractivity contribution in [1.82, 2.24) is 5.01 Å². The van der Waals surface area contributed by atoms with Gasteiger partial charge in [0.2, 0.25) is 0 Å². The Hall–Kier alpha value is -0.660. The number of nitrogens with two attached hydrogens (primary N) is 1. The van der Waals surface area contributed by atoms with Crippen molar-refractivity contribution in [1.29, 1.82) is 0 Å². The maximum Gasteiger partial charge on any atom is 1.00 e. The molecule has 2 aromatic carbocycles. The van der Waals surface area contributed by atoms with Crippen LogP contribution < -0.4 is 35.4 Å². The second kappa shape index (κ2) is 15.4. The van der Waals surface area contributed by atoms with E-state index in [0.29, 0.717) is 0 Å².